The molecule has 18 heavy (non-hydrogen) atoms. The zero-order valence-electron chi connectivity index (χ0n) is 11.5. The molecule has 1 saturated heterocycles. The highest BCUT2D eigenvalue weighted by molar-refractivity contribution is 8.00. The Morgan fingerprint density at radius 2 is 1.94 bits per heavy atom. The van der Waals surface area contributed by atoms with Gasteiger partial charge in [-0.1, -0.05) is 0 Å². The van der Waals surface area contributed by atoms with Crippen LogP contribution in [0.4, 0.5) is 0 Å². The van der Waals surface area contributed by atoms with Gasteiger partial charge >= 0.3 is 0 Å². The molecule has 4 nitrogen and oxygen atoms in total. The van der Waals surface area contributed by atoms with Gasteiger partial charge in [-0.2, -0.15) is 11.8 Å². The molecule has 0 aromatic carbocycles. The van der Waals surface area contributed by atoms with Crippen LogP contribution in [0.5, 0.6) is 0 Å². The molecule has 1 aliphatic heterocycles. The quantitative estimate of drug-likeness (QED) is 0.534. The van der Waals surface area contributed by atoms with Crippen LogP contribution in [0.1, 0.15) is 39.0 Å². The Kier molecular flexibility index (Phi) is 4.43. The Bertz CT molecular complexity index is 309. The van der Waals surface area contributed by atoms with E-state index in [1.807, 2.05) is 11.8 Å². The molecule has 0 spiro atoms. The lowest BCUT2D eigenvalue weighted by molar-refractivity contribution is -0.0279. The summed E-state index contributed by atoms with van der Waals surface area (Å²) in [5, 5.41) is 16.6. The molecule has 0 radical (unpaired) electrons. The van der Waals surface area contributed by atoms with Gasteiger partial charge in [0, 0.05) is 24.9 Å². The van der Waals surface area contributed by atoms with Crippen LogP contribution in [0, 0.1) is 0 Å². The number of aliphatic imine (C=N–C) groups is 1. The maximum atomic E-state index is 10.0. The summed E-state index contributed by atoms with van der Waals surface area (Å²) in [6, 6.07) is 0. The third-order valence-corrected chi connectivity index (χ3v) is 5.56. The second-order valence-corrected chi connectivity index (χ2v) is 7.44. The molecule has 1 saturated carbocycles. The first-order valence-corrected chi connectivity index (χ1v) is 7.85. The highest BCUT2D eigenvalue weighted by atomic mass is 32.2. The highest BCUT2D eigenvalue weighted by Gasteiger charge is 2.34. The lowest BCUT2D eigenvalue weighted by atomic mass is 9.80. The van der Waals surface area contributed by atoms with Crippen molar-refractivity contribution in [1.82, 2.24) is 10.6 Å². The van der Waals surface area contributed by atoms with E-state index in [0.29, 0.717) is 11.3 Å². The second-order valence-electron chi connectivity index (χ2n) is 5.76. The Balaban J connectivity index is 1.72. The van der Waals surface area contributed by atoms with Crippen molar-refractivity contribution in [3.05, 3.63) is 0 Å². The Morgan fingerprint density at radius 1 is 1.22 bits per heavy atom. The van der Waals surface area contributed by atoms with Gasteiger partial charge in [-0.3, -0.25) is 4.99 Å². The zero-order chi connectivity index (χ0) is 13.1. The molecule has 3 N–H and O–H groups in total. The average Bonchev–Trinajstić information content (AvgIpc) is 2.74. The summed E-state index contributed by atoms with van der Waals surface area (Å²) < 4.78 is 0.338. The third kappa shape index (κ3) is 3.54. The summed E-state index contributed by atoms with van der Waals surface area (Å²) in [6.45, 7) is 3.86. The summed E-state index contributed by atoms with van der Waals surface area (Å²) >= 11 is 2.04. The van der Waals surface area contributed by atoms with Gasteiger partial charge < -0.3 is 15.7 Å². The Hall–Kier alpha value is -0.420. The number of hydrogen-bond acceptors (Lipinski definition) is 3. The zero-order valence-corrected chi connectivity index (χ0v) is 12.3. The van der Waals surface area contributed by atoms with E-state index in [0.717, 1.165) is 31.8 Å². The molecule has 0 aromatic heterocycles. The highest BCUT2D eigenvalue weighted by Crippen LogP contribution is 2.36. The monoisotopic (exact) mass is 271 g/mol. The summed E-state index contributed by atoms with van der Waals surface area (Å²) in [5.74, 6) is 2.08. The molecule has 2 rings (SSSR count). The van der Waals surface area contributed by atoms with E-state index in [-0.39, 0.29) is 0 Å². The number of nitrogens with zero attached hydrogens (tertiary/aromatic N) is 1. The molecule has 1 heterocycles. The standard InChI is InChI=1S/C13H25N3OS/c1-12(5-4-8-18-12)9-15-11(14-2)16-10-13(17)6-3-7-13/h17H,3-10H2,1-2H3,(H2,14,15,16). The maximum absolute atomic E-state index is 10.0. The fraction of sp³-hybridized carbons (Fsp3) is 0.923. The van der Waals surface area contributed by atoms with Crippen LogP contribution in [0.2, 0.25) is 0 Å². The van der Waals surface area contributed by atoms with Crippen molar-refractivity contribution in [3.8, 4) is 0 Å². The van der Waals surface area contributed by atoms with Crippen molar-refractivity contribution in [1.29, 1.82) is 0 Å². The van der Waals surface area contributed by atoms with Crippen molar-refractivity contribution in [2.45, 2.75) is 49.4 Å². The van der Waals surface area contributed by atoms with E-state index < -0.39 is 5.60 Å². The van der Waals surface area contributed by atoms with E-state index in [9.17, 15) is 5.11 Å². The van der Waals surface area contributed by atoms with E-state index in [1.54, 1.807) is 7.05 Å². The van der Waals surface area contributed by atoms with E-state index in [1.165, 1.54) is 18.6 Å². The van der Waals surface area contributed by atoms with Gasteiger partial charge in [0.25, 0.3) is 0 Å². The van der Waals surface area contributed by atoms with E-state index >= 15 is 0 Å². The smallest absolute Gasteiger partial charge is 0.191 e. The molecule has 0 bridgehead atoms. The molecule has 2 aliphatic rings. The van der Waals surface area contributed by atoms with Crippen molar-refractivity contribution in [3.63, 3.8) is 0 Å². The maximum Gasteiger partial charge on any atom is 0.191 e. The van der Waals surface area contributed by atoms with Gasteiger partial charge in [0.2, 0.25) is 0 Å². The first kappa shape index (κ1) is 14.0. The Morgan fingerprint density at radius 3 is 2.44 bits per heavy atom. The van der Waals surface area contributed by atoms with Crippen LogP contribution >= 0.6 is 11.8 Å². The SMILES string of the molecule is CN=C(NCC1(O)CCC1)NCC1(C)CCCS1. The van der Waals surface area contributed by atoms with Crippen LogP contribution in [-0.4, -0.2) is 47.3 Å². The molecule has 104 valence electrons. The predicted octanol–water partition coefficient (Wildman–Crippen LogP) is 1.35. The molecule has 1 aliphatic carbocycles. The fourth-order valence-electron chi connectivity index (χ4n) is 2.48. The second kappa shape index (κ2) is 5.70. The van der Waals surface area contributed by atoms with Crippen molar-refractivity contribution in [2.24, 2.45) is 4.99 Å². The first-order valence-electron chi connectivity index (χ1n) is 6.86. The minimum atomic E-state index is -0.496. The summed E-state index contributed by atoms with van der Waals surface area (Å²) in [6.07, 6.45) is 5.54. The summed E-state index contributed by atoms with van der Waals surface area (Å²) in [5.41, 5.74) is -0.496. The molecular weight excluding hydrogens is 246 g/mol. The fourth-order valence-corrected chi connectivity index (χ4v) is 3.72. The minimum Gasteiger partial charge on any atom is -0.388 e. The number of thioether (sulfide) groups is 1. The van der Waals surface area contributed by atoms with Gasteiger partial charge in [0.05, 0.1) is 5.60 Å². The number of rotatable bonds is 4. The molecule has 1 unspecified atom stereocenters. The van der Waals surface area contributed by atoms with Crippen LogP contribution in [0.3, 0.4) is 0 Å². The first-order chi connectivity index (χ1) is 8.55. The van der Waals surface area contributed by atoms with Gasteiger partial charge in [0.1, 0.15) is 0 Å². The van der Waals surface area contributed by atoms with Gasteiger partial charge in [0.15, 0.2) is 5.96 Å². The lowest BCUT2D eigenvalue weighted by Crippen LogP contribution is -2.52. The summed E-state index contributed by atoms with van der Waals surface area (Å²) in [4.78, 5) is 4.22. The number of guanidine groups is 1. The molecule has 0 aromatic rings. The predicted molar refractivity (Wildman–Crippen MR) is 78.3 cm³/mol. The number of nitrogens with one attached hydrogen (secondary N) is 2. The van der Waals surface area contributed by atoms with Crippen LogP contribution in [0.25, 0.3) is 0 Å². The van der Waals surface area contributed by atoms with Crippen molar-refractivity contribution >= 4 is 17.7 Å². The Labute approximate surface area is 114 Å². The molecule has 2 fully saturated rings. The van der Waals surface area contributed by atoms with Crippen LogP contribution in [-0.2, 0) is 0 Å². The average molecular weight is 271 g/mol. The minimum absolute atomic E-state index is 0.338. The van der Waals surface area contributed by atoms with E-state index in [2.05, 4.69) is 22.5 Å². The lowest BCUT2D eigenvalue weighted by Gasteiger charge is -2.37. The molecule has 1 atom stereocenters. The summed E-state index contributed by atoms with van der Waals surface area (Å²) in [7, 11) is 1.78. The molecule has 5 heteroatoms. The van der Waals surface area contributed by atoms with Gasteiger partial charge in [-0.05, 0) is 44.8 Å². The van der Waals surface area contributed by atoms with Crippen LogP contribution in [0.15, 0.2) is 4.99 Å². The van der Waals surface area contributed by atoms with Crippen molar-refractivity contribution in [2.75, 3.05) is 25.9 Å². The molecule has 0 amide bonds. The van der Waals surface area contributed by atoms with E-state index in [4.69, 9.17) is 0 Å². The van der Waals surface area contributed by atoms with Gasteiger partial charge in [-0.15, -0.1) is 0 Å². The van der Waals surface area contributed by atoms with Crippen molar-refractivity contribution < 1.29 is 5.11 Å². The molecular formula is C13H25N3OS. The topological polar surface area (TPSA) is 56.7 Å². The van der Waals surface area contributed by atoms with Crippen LogP contribution < -0.4 is 10.6 Å². The largest absolute Gasteiger partial charge is 0.388 e. The number of aliphatic hydroxyl groups is 1. The van der Waals surface area contributed by atoms with Gasteiger partial charge in [-0.25, -0.2) is 0 Å². The normalized spacial score (nSPS) is 30.9. The third-order valence-electron chi connectivity index (χ3n) is 4.02. The number of hydrogen-bond donors (Lipinski definition) is 3.